The Kier molecular flexibility index (Phi) is 5.27. The van der Waals surface area contributed by atoms with E-state index in [0.29, 0.717) is 28.5 Å². The van der Waals surface area contributed by atoms with E-state index in [1.165, 1.54) is 24.5 Å². The van der Waals surface area contributed by atoms with E-state index < -0.39 is 5.97 Å². The zero-order chi connectivity index (χ0) is 18.7. The van der Waals surface area contributed by atoms with Crippen molar-refractivity contribution in [2.75, 3.05) is 19.2 Å². The van der Waals surface area contributed by atoms with Crippen LogP contribution in [-0.2, 0) is 16.0 Å². The molecule has 1 aromatic carbocycles. The van der Waals surface area contributed by atoms with Gasteiger partial charge >= 0.3 is 5.97 Å². The molecule has 0 spiro atoms. The summed E-state index contributed by atoms with van der Waals surface area (Å²) in [4.78, 5) is 25.4. The van der Waals surface area contributed by atoms with E-state index in [2.05, 4.69) is 5.32 Å². The fraction of sp³-hybridized carbons (Fsp3) is 0.263. The van der Waals surface area contributed by atoms with Gasteiger partial charge in [-0.15, -0.1) is 11.3 Å². The van der Waals surface area contributed by atoms with Crippen molar-refractivity contribution in [3.05, 3.63) is 45.8 Å². The van der Waals surface area contributed by atoms with Crippen molar-refractivity contribution in [1.82, 2.24) is 0 Å². The number of hydrogen-bond donors (Lipinski definition) is 1. The van der Waals surface area contributed by atoms with Crippen LogP contribution in [0.3, 0.4) is 0 Å². The maximum atomic E-state index is 12.3. The molecule has 136 valence electrons. The standard InChI is InChI=1S/C19H19NO5S/c1-4-13-11(2)26-18(17(13)19(22)23-3)20-16(21)8-6-12-5-7-14-15(9-12)25-10-24-14/h5-9H,4,10H2,1-3H3,(H,20,21)/b8-6+. The number of anilines is 1. The largest absolute Gasteiger partial charge is 0.465 e. The second-order valence-electron chi connectivity index (χ2n) is 5.62. The van der Waals surface area contributed by atoms with Crippen LogP contribution in [0.25, 0.3) is 6.08 Å². The Labute approximate surface area is 155 Å². The highest BCUT2D eigenvalue weighted by atomic mass is 32.1. The SMILES string of the molecule is CCc1c(C)sc(NC(=O)/C=C/c2ccc3c(c2)OCO3)c1C(=O)OC. The van der Waals surface area contributed by atoms with Gasteiger partial charge in [0.2, 0.25) is 12.7 Å². The Balaban J connectivity index is 1.77. The average Bonchev–Trinajstić information content (AvgIpc) is 3.22. The smallest absolute Gasteiger partial charge is 0.341 e. The molecule has 2 aromatic rings. The van der Waals surface area contributed by atoms with Crippen LogP contribution in [0.1, 0.15) is 33.3 Å². The normalized spacial score (nSPS) is 12.4. The van der Waals surface area contributed by atoms with Crippen LogP contribution in [0, 0.1) is 6.92 Å². The molecule has 1 aliphatic heterocycles. The van der Waals surface area contributed by atoms with E-state index in [0.717, 1.165) is 16.0 Å². The van der Waals surface area contributed by atoms with E-state index in [-0.39, 0.29) is 12.7 Å². The summed E-state index contributed by atoms with van der Waals surface area (Å²) in [7, 11) is 1.33. The molecule has 0 saturated heterocycles. The van der Waals surface area contributed by atoms with E-state index in [9.17, 15) is 9.59 Å². The number of carbonyl (C=O) groups excluding carboxylic acids is 2. The molecule has 1 amide bonds. The molecule has 1 aliphatic rings. The summed E-state index contributed by atoms with van der Waals surface area (Å²) in [5.41, 5.74) is 2.15. The van der Waals surface area contributed by atoms with Gasteiger partial charge in [0.15, 0.2) is 11.5 Å². The molecular formula is C19H19NO5S. The molecule has 2 heterocycles. The molecule has 0 aliphatic carbocycles. The third-order valence-electron chi connectivity index (χ3n) is 4.01. The molecule has 26 heavy (non-hydrogen) atoms. The topological polar surface area (TPSA) is 73.9 Å². The monoisotopic (exact) mass is 373 g/mol. The maximum Gasteiger partial charge on any atom is 0.341 e. The number of nitrogens with one attached hydrogen (secondary N) is 1. The van der Waals surface area contributed by atoms with Crippen molar-refractivity contribution in [3.63, 3.8) is 0 Å². The lowest BCUT2D eigenvalue weighted by atomic mass is 10.1. The summed E-state index contributed by atoms with van der Waals surface area (Å²) < 4.78 is 15.4. The van der Waals surface area contributed by atoms with E-state index >= 15 is 0 Å². The molecular weight excluding hydrogens is 354 g/mol. The van der Waals surface area contributed by atoms with Crippen LogP contribution in [0.5, 0.6) is 11.5 Å². The Morgan fingerprint density at radius 2 is 2.08 bits per heavy atom. The predicted octanol–water partition coefficient (Wildman–Crippen LogP) is 3.79. The molecule has 1 N–H and O–H groups in total. The lowest BCUT2D eigenvalue weighted by Gasteiger charge is -2.05. The van der Waals surface area contributed by atoms with Gasteiger partial charge in [-0.25, -0.2) is 4.79 Å². The number of methoxy groups -OCH3 is 1. The molecule has 7 heteroatoms. The van der Waals surface area contributed by atoms with Gasteiger partial charge < -0.3 is 19.5 Å². The second kappa shape index (κ2) is 7.61. The number of benzene rings is 1. The molecule has 1 aromatic heterocycles. The molecule has 0 bridgehead atoms. The van der Waals surface area contributed by atoms with Gasteiger partial charge in [-0.3, -0.25) is 4.79 Å². The number of rotatable bonds is 5. The van der Waals surface area contributed by atoms with Gasteiger partial charge in [0, 0.05) is 11.0 Å². The zero-order valence-corrected chi connectivity index (χ0v) is 15.6. The molecule has 0 unspecified atom stereocenters. The van der Waals surface area contributed by atoms with Gasteiger partial charge in [-0.05, 0) is 42.7 Å². The molecule has 6 nitrogen and oxygen atoms in total. The van der Waals surface area contributed by atoms with Crippen molar-refractivity contribution in [2.45, 2.75) is 20.3 Å². The average molecular weight is 373 g/mol. The zero-order valence-electron chi connectivity index (χ0n) is 14.8. The lowest BCUT2D eigenvalue weighted by molar-refractivity contribution is -0.111. The van der Waals surface area contributed by atoms with Crippen molar-refractivity contribution < 1.29 is 23.8 Å². The summed E-state index contributed by atoms with van der Waals surface area (Å²) in [6, 6.07) is 5.43. The first-order chi connectivity index (χ1) is 12.5. The van der Waals surface area contributed by atoms with E-state index in [1.807, 2.05) is 19.9 Å². The molecule has 0 saturated carbocycles. The minimum absolute atomic E-state index is 0.205. The van der Waals surface area contributed by atoms with Gasteiger partial charge in [0.25, 0.3) is 0 Å². The highest BCUT2D eigenvalue weighted by molar-refractivity contribution is 7.16. The minimum Gasteiger partial charge on any atom is -0.465 e. The molecule has 0 fully saturated rings. The van der Waals surface area contributed by atoms with Gasteiger partial charge in [0.1, 0.15) is 5.00 Å². The Hall–Kier alpha value is -2.80. The first kappa shape index (κ1) is 18.0. The minimum atomic E-state index is -0.443. The number of carbonyl (C=O) groups is 2. The van der Waals surface area contributed by atoms with Crippen LogP contribution in [0.2, 0.25) is 0 Å². The van der Waals surface area contributed by atoms with E-state index in [4.69, 9.17) is 14.2 Å². The molecule has 3 rings (SSSR count). The van der Waals surface area contributed by atoms with E-state index in [1.54, 1.807) is 18.2 Å². The van der Waals surface area contributed by atoms with Crippen LogP contribution in [0.4, 0.5) is 5.00 Å². The predicted molar refractivity (Wildman–Crippen MR) is 100 cm³/mol. The third kappa shape index (κ3) is 3.57. The summed E-state index contributed by atoms with van der Waals surface area (Å²) in [6.07, 6.45) is 3.78. The second-order valence-corrected chi connectivity index (χ2v) is 6.85. The van der Waals surface area contributed by atoms with Crippen molar-refractivity contribution in [2.24, 2.45) is 0 Å². The van der Waals surface area contributed by atoms with Crippen molar-refractivity contribution in [1.29, 1.82) is 0 Å². The third-order valence-corrected chi connectivity index (χ3v) is 5.08. The maximum absolute atomic E-state index is 12.3. The quantitative estimate of drug-likeness (QED) is 0.638. The van der Waals surface area contributed by atoms with Crippen molar-refractivity contribution >= 4 is 34.3 Å². The summed E-state index contributed by atoms with van der Waals surface area (Å²) in [5, 5.41) is 3.29. The van der Waals surface area contributed by atoms with Gasteiger partial charge in [0.05, 0.1) is 12.7 Å². The number of ether oxygens (including phenoxy) is 3. The molecule has 0 radical (unpaired) electrons. The number of esters is 1. The van der Waals surface area contributed by atoms with Crippen LogP contribution in [-0.4, -0.2) is 25.8 Å². The summed E-state index contributed by atoms with van der Waals surface area (Å²) in [6.45, 7) is 4.09. The number of aryl methyl sites for hydroxylation is 1. The highest BCUT2D eigenvalue weighted by Crippen LogP contribution is 2.34. The first-order valence-corrected chi connectivity index (χ1v) is 8.94. The number of fused-ring (bicyclic) bond motifs is 1. The lowest BCUT2D eigenvalue weighted by Crippen LogP contribution is -2.12. The Bertz CT molecular complexity index is 884. The number of amides is 1. The van der Waals surface area contributed by atoms with Crippen molar-refractivity contribution in [3.8, 4) is 11.5 Å². The fourth-order valence-corrected chi connectivity index (χ4v) is 3.89. The van der Waals surface area contributed by atoms with Crippen LogP contribution < -0.4 is 14.8 Å². The Morgan fingerprint density at radius 1 is 1.31 bits per heavy atom. The number of thiophene rings is 1. The van der Waals surface area contributed by atoms with Crippen LogP contribution in [0.15, 0.2) is 24.3 Å². The molecule has 0 atom stereocenters. The van der Waals surface area contributed by atoms with Gasteiger partial charge in [-0.2, -0.15) is 0 Å². The van der Waals surface area contributed by atoms with Crippen LogP contribution >= 0.6 is 11.3 Å². The fourth-order valence-electron chi connectivity index (χ4n) is 2.75. The highest BCUT2D eigenvalue weighted by Gasteiger charge is 2.22. The summed E-state index contributed by atoms with van der Waals surface area (Å²) >= 11 is 1.37. The first-order valence-electron chi connectivity index (χ1n) is 8.12. The Morgan fingerprint density at radius 3 is 2.81 bits per heavy atom. The number of hydrogen-bond acceptors (Lipinski definition) is 6. The van der Waals surface area contributed by atoms with Gasteiger partial charge in [-0.1, -0.05) is 13.0 Å². The summed E-state index contributed by atoms with van der Waals surface area (Å²) in [5.74, 6) is 0.579.